The molecule has 2 aromatic heterocycles. The van der Waals surface area contributed by atoms with E-state index in [2.05, 4.69) is 16.3 Å². The van der Waals surface area contributed by atoms with Crippen molar-refractivity contribution in [1.82, 2.24) is 14.6 Å². The summed E-state index contributed by atoms with van der Waals surface area (Å²) >= 11 is 0. The summed E-state index contributed by atoms with van der Waals surface area (Å²) in [4.78, 5) is 4.52. The molecule has 35 heavy (non-hydrogen) atoms. The first-order valence-corrected chi connectivity index (χ1v) is 11.1. The van der Waals surface area contributed by atoms with Gasteiger partial charge in [-0.25, -0.2) is 9.50 Å². The summed E-state index contributed by atoms with van der Waals surface area (Å²) in [5, 5.41) is 25.5. The molecule has 3 heterocycles. The van der Waals surface area contributed by atoms with Gasteiger partial charge in [0.15, 0.2) is 5.65 Å². The van der Waals surface area contributed by atoms with Gasteiger partial charge in [-0.3, -0.25) is 0 Å². The number of nitrogens with zero attached hydrogens (tertiary/aromatic N) is 3. The molecule has 0 aliphatic carbocycles. The maximum atomic E-state index is 13.0. The monoisotopic (exact) mass is 483 g/mol. The molecule has 0 spiro atoms. The minimum atomic E-state index is -3.05. The maximum Gasteiger partial charge on any atom is 0.387 e. The topological polar surface area (TPSA) is 89.1 Å². The lowest BCUT2D eigenvalue weighted by molar-refractivity contribution is -0.0971. The number of aromatic nitrogens is 3. The minimum Gasteiger partial charge on any atom is -0.435 e. The van der Waals surface area contributed by atoms with E-state index in [4.69, 9.17) is 9.84 Å². The first-order valence-electron chi connectivity index (χ1n) is 11.1. The van der Waals surface area contributed by atoms with Gasteiger partial charge in [0.25, 0.3) is 0 Å². The highest BCUT2D eigenvalue weighted by Crippen LogP contribution is 2.40. The van der Waals surface area contributed by atoms with E-state index in [1.54, 1.807) is 55.6 Å². The van der Waals surface area contributed by atoms with Gasteiger partial charge >= 0.3 is 6.61 Å². The van der Waals surface area contributed by atoms with Crippen LogP contribution in [0.25, 0.3) is 16.9 Å². The SMILES string of the molecule is C=C(OC(F)F)/C(=C\C=C/C)C1OCC(O)c2nc3ccc(-c4ccc(C(C)(C)O)cc4)nn3c21. The number of aliphatic hydroxyl groups is 2. The number of ether oxygens (including phenoxy) is 2. The van der Waals surface area contributed by atoms with Gasteiger partial charge in [-0.15, -0.1) is 0 Å². The van der Waals surface area contributed by atoms with Crippen molar-refractivity contribution in [2.45, 2.75) is 45.2 Å². The van der Waals surface area contributed by atoms with Crippen LogP contribution in [0.2, 0.25) is 0 Å². The molecule has 0 saturated heterocycles. The van der Waals surface area contributed by atoms with Crippen LogP contribution in [0.4, 0.5) is 8.78 Å². The standard InChI is InChI=1S/C26H27F2N3O4/c1-5-6-7-18(15(2)35-25(27)28)24-23-22(20(32)14-34-24)29-21-13-12-19(30-31(21)23)16-8-10-17(11-9-16)26(3,4)33/h5-13,20,24-25,32-33H,2,14H2,1,3-4H3/b6-5-,18-7+. The highest BCUT2D eigenvalue weighted by atomic mass is 19.3. The van der Waals surface area contributed by atoms with E-state index in [1.807, 2.05) is 24.3 Å². The van der Waals surface area contributed by atoms with Crippen LogP contribution in [0.5, 0.6) is 0 Å². The summed E-state index contributed by atoms with van der Waals surface area (Å²) in [6, 6.07) is 10.9. The molecule has 0 radical (unpaired) electrons. The third-order valence-electron chi connectivity index (χ3n) is 5.72. The second-order valence-electron chi connectivity index (χ2n) is 8.69. The molecule has 0 fully saturated rings. The van der Waals surface area contributed by atoms with Crippen molar-refractivity contribution in [2.24, 2.45) is 0 Å². The van der Waals surface area contributed by atoms with E-state index in [0.29, 0.717) is 22.7 Å². The molecule has 4 rings (SSSR count). The number of rotatable bonds is 7. The molecule has 0 amide bonds. The Labute approximate surface area is 201 Å². The molecular weight excluding hydrogens is 456 g/mol. The molecule has 9 heteroatoms. The lowest BCUT2D eigenvalue weighted by Gasteiger charge is -2.28. The molecule has 1 aliphatic rings. The number of benzene rings is 1. The van der Waals surface area contributed by atoms with Crippen LogP contribution in [-0.2, 0) is 15.1 Å². The highest BCUT2D eigenvalue weighted by molar-refractivity contribution is 5.61. The number of fused-ring (bicyclic) bond motifs is 3. The van der Waals surface area contributed by atoms with Crippen LogP contribution in [0.3, 0.4) is 0 Å². The molecule has 2 atom stereocenters. The van der Waals surface area contributed by atoms with Crippen LogP contribution >= 0.6 is 0 Å². The van der Waals surface area contributed by atoms with Crippen LogP contribution < -0.4 is 0 Å². The van der Waals surface area contributed by atoms with Crippen molar-refractivity contribution >= 4 is 5.65 Å². The van der Waals surface area contributed by atoms with Gasteiger partial charge in [0.2, 0.25) is 0 Å². The lowest BCUT2D eigenvalue weighted by Crippen LogP contribution is -2.25. The van der Waals surface area contributed by atoms with Crippen LogP contribution in [0, 0.1) is 0 Å². The maximum absolute atomic E-state index is 13.0. The fraction of sp³-hybridized carbons (Fsp3) is 0.308. The van der Waals surface area contributed by atoms with Gasteiger partial charge in [0.1, 0.15) is 23.7 Å². The predicted octanol–water partition coefficient (Wildman–Crippen LogP) is 4.98. The Bertz CT molecular complexity index is 1290. The molecule has 2 N–H and O–H groups in total. The second kappa shape index (κ2) is 9.69. The van der Waals surface area contributed by atoms with Gasteiger partial charge in [-0.05, 0) is 38.5 Å². The Morgan fingerprint density at radius 3 is 2.60 bits per heavy atom. The number of halogens is 2. The fourth-order valence-corrected chi connectivity index (χ4v) is 3.95. The summed E-state index contributed by atoms with van der Waals surface area (Å²) < 4.78 is 37.9. The van der Waals surface area contributed by atoms with E-state index in [0.717, 1.165) is 11.1 Å². The first-order chi connectivity index (χ1) is 16.6. The lowest BCUT2D eigenvalue weighted by atomic mass is 9.97. The van der Waals surface area contributed by atoms with Gasteiger partial charge < -0.3 is 19.7 Å². The van der Waals surface area contributed by atoms with Crippen molar-refractivity contribution in [3.05, 3.63) is 89.5 Å². The third-order valence-corrected chi connectivity index (χ3v) is 5.72. The average Bonchev–Trinajstić information content (AvgIpc) is 3.19. The van der Waals surface area contributed by atoms with Crippen molar-refractivity contribution < 1.29 is 28.5 Å². The Kier molecular flexibility index (Phi) is 6.84. The number of imidazole rings is 1. The van der Waals surface area contributed by atoms with Crippen LogP contribution in [0.15, 0.2) is 72.5 Å². The number of allylic oxidation sites excluding steroid dienone is 3. The largest absolute Gasteiger partial charge is 0.435 e. The summed E-state index contributed by atoms with van der Waals surface area (Å²) in [5.74, 6) is -0.251. The van der Waals surface area contributed by atoms with Crippen LogP contribution in [-0.4, -0.2) is 38.0 Å². The van der Waals surface area contributed by atoms with Gasteiger partial charge in [0, 0.05) is 11.1 Å². The van der Waals surface area contributed by atoms with Gasteiger partial charge in [0.05, 0.1) is 23.6 Å². The van der Waals surface area contributed by atoms with Crippen LogP contribution in [0.1, 0.15) is 49.9 Å². The molecule has 2 unspecified atom stereocenters. The normalized spacial score (nSPS) is 18.9. The molecule has 7 nitrogen and oxygen atoms in total. The summed E-state index contributed by atoms with van der Waals surface area (Å²) in [5.41, 5.74) is 2.68. The number of hydrogen-bond donors (Lipinski definition) is 2. The zero-order valence-corrected chi connectivity index (χ0v) is 19.7. The summed E-state index contributed by atoms with van der Waals surface area (Å²) in [7, 11) is 0. The minimum absolute atomic E-state index is 0.0814. The molecule has 184 valence electrons. The zero-order chi connectivity index (χ0) is 25.3. The van der Waals surface area contributed by atoms with Crippen molar-refractivity contribution in [2.75, 3.05) is 6.61 Å². The fourth-order valence-electron chi connectivity index (χ4n) is 3.95. The summed E-state index contributed by atoms with van der Waals surface area (Å²) in [6.07, 6.45) is 3.07. The van der Waals surface area contributed by atoms with E-state index >= 15 is 0 Å². The Hall–Kier alpha value is -3.40. The van der Waals surface area contributed by atoms with E-state index in [9.17, 15) is 19.0 Å². The van der Waals surface area contributed by atoms with E-state index in [-0.39, 0.29) is 17.9 Å². The number of alkyl halides is 2. The molecular formula is C26H27F2N3O4. The molecule has 0 saturated carbocycles. The zero-order valence-electron chi connectivity index (χ0n) is 19.7. The van der Waals surface area contributed by atoms with Gasteiger partial charge in [-0.2, -0.15) is 13.9 Å². The smallest absolute Gasteiger partial charge is 0.387 e. The Morgan fingerprint density at radius 1 is 1.26 bits per heavy atom. The second-order valence-corrected chi connectivity index (χ2v) is 8.69. The predicted molar refractivity (Wildman–Crippen MR) is 126 cm³/mol. The van der Waals surface area contributed by atoms with E-state index in [1.165, 1.54) is 0 Å². The molecule has 3 aromatic rings. The summed E-state index contributed by atoms with van der Waals surface area (Å²) in [6.45, 7) is 5.72. The Morgan fingerprint density at radius 2 is 1.97 bits per heavy atom. The number of aliphatic hydroxyl groups excluding tert-OH is 1. The van der Waals surface area contributed by atoms with Crippen molar-refractivity contribution in [3.8, 4) is 11.3 Å². The van der Waals surface area contributed by atoms with E-state index < -0.39 is 24.4 Å². The molecule has 1 aromatic carbocycles. The number of hydrogen-bond acceptors (Lipinski definition) is 6. The first kappa shape index (κ1) is 24.7. The molecule has 0 bridgehead atoms. The highest BCUT2D eigenvalue weighted by Gasteiger charge is 2.36. The van der Waals surface area contributed by atoms with Crippen molar-refractivity contribution in [3.63, 3.8) is 0 Å². The van der Waals surface area contributed by atoms with Gasteiger partial charge in [-0.1, -0.05) is 49.1 Å². The average molecular weight is 484 g/mol. The molecule has 1 aliphatic heterocycles. The Balaban J connectivity index is 1.83. The van der Waals surface area contributed by atoms with Crippen molar-refractivity contribution in [1.29, 1.82) is 0 Å². The third kappa shape index (κ3) is 5.02. The quantitative estimate of drug-likeness (QED) is 0.364.